The molecule has 0 radical (unpaired) electrons. The number of hydrogen-bond donors (Lipinski definition) is 1. The normalized spacial score (nSPS) is 34.9. The molecule has 1 saturated heterocycles. The first-order valence-electron chi connectivity index (χ1n) is 9.07. The lowest BCUT2D eigenvalue weighted by molar-refractivity contribution is -0.151. The number of carbonyl (C=O) groups excluding carboxylic acids is 2. The van der Waals surface area contributed by atoms with E-state index in [0.717, 1.165) is 25.7 Å². The standard InChI is InChI=1S/C18H27NO6/c1-4-5-6-7-8-18-13(25-18)9-11-12(15(20)22-3)10-23-16(14(11)18)24-17(21)19-2/h10-11,13-14,16H,4-9H2,1-3H3,(H,19,21)/t11-,13+,14+,16-,18+/m1/s1. The molecule has 5 atom stereocenters. The molecule has 1 aliphatic carbocycles. The van der Waals surface area contributed by atoms with Crippen molar-refractivity contribution in [2.45, 2.75) is 63.4 Å². The van der Waals surface area contributed by atoms with Gasteiger partial charge in [0.25, 0.3) is 6.29 Å². The Kier molecular flexibility index (Phi) is 5.22. The van der Waals surface area contributed by atoms with Crippen LogP contribution in [0, 0.1) is 11.8 Å². The Balaban J connectivity index is 1.78. The summed E-state index contributed by atoms with van der Waals surface area (Å²) in [5.41, 5.74) is 0.151. The lowest BCUT2D eigenvalue weighted by Gasteiger charge is -2.36. The van der Waals surface area contributed by atoms with Crippen LogP contribution in [0.2, 0.25) is 0 Å². The summed E-state index contributed by atoms with van der Waals surface area (Å²) in [6, 6.07) is 0. The van der Waals surface area contributed by atoms with E-state index in [-0.39, 0.29) is 23.5 Å². The molecule has 1 amide bonds. The third-order valence-electron chi connectivity index (χ3n) is 5.61. The van der Waals surface area contributed by atoms with E-state index in [2.05, 4.69) is 12.2 Å². The molecule has 3 rings (SSSR count). The summed E-state index contributed by atoms with van der Waals surface area (Å²) in [7, 11) is 2.86. The van der Waals surface area contributed by atoms with Gasteiger partial charge in [0, 0.05) is 13.0 Å². The van der Waals surface area contributed by atoms with Crippen LogP contribution in [-0.4, -0.2) is 44.2 Å². The number of nitrogens with one attached hydrogen (secondary N) is 1. The number of unbranched alkanes of at least 4 members (excludes halogenated alkanes) is 3. The van der Waals surface area contributed by atoms with E-state index >= 15 is 0 Å². The van der Waals surface area contributed by atoms with Crippen molar-refractivity contribution < 1.29 is 28.5 Å². The van der Waals surface area contributed by atoms with E-state index in [1.807, 2.05) is 0 Å². The van der Waals surface area contributed by atoms with Crippen molar-refractivity contribution in [3.63, 3.8) is 0 Å². The molecule has 140 valence electrons. The Morgan fingerprint density at radius 3 is 2.84 bits per heavy atom. The molecule has 3 aliphatic rings. The molecule has 0 aromatic carbocycles. The van der Waals surface area contributed by atoms with Crippen molar-refractivity contribution in [1.29, 1.82) is 0 Å². The number of esters is 1. The Bertz CT molecular complexity index is 562. The number of ether oxygens (including phenoxy) is 4. The second-order valence-electron chi connectivity index (χ2n) is 6.96. The summed E-state index contributed by atoms with van der Waals surface area (Å²) in [4.78, 5) is 23.8. The highest BCUT2D eigenvalue weighted by Gasteiger charge is 2.72. The Morgan fingerprint density at radius 2 is 2.16 bits per heavy atom. The first kappa shape index (κ1) is 18.0. The van der Waals surface area contributed by atoms with Gasteiger partial charge in [-0.1, -0.05) is 32.6 Å². The molecule has 0 aromatic heterocycles. The van der Waals surface area contributed by atoms with Crippen LogP contribution in [0.15, 0.2) is 11.8 Å². The second-order valence-corrected chi connectivity index (χ2v) is 6.96. The number of epoxide rings is 1. The highest BCUT2D eigenvalue weighted by atomic mass is 16.7. The zero-order valence-electron chi connectivity index (χ0n) is 15.1. The Hall–Kier alpha value is -1.76. The molecule has 0 bridgehead atoms. The molecule has 7 nitrogen and oxygen atoms in total. The minimum absolute atomic E-state index is 0.0687. The largest absolute Gasteiger partial charge is 0.466 e. The molecular formula is C18H27NO6. The predicted molar refractivity (Wildman–Crippen MR) is 88.5 cm³/mol. The highest BCUT2D eigenvalue weighted by molar-refractivity contribution is 5.89. The molecule has 0 spiro atoms. The number of rotatable bonds is 7. The van der Waals surface area contributed by atoms with Crippen molar-refractivity contribution in [1.82, 2.24) is 5.32 Å². The third kappa shape index (κ3) is 3.21. The van der Waals surface area contributed by atoms with Crippen LogP contribution in [0.25, 0.3) is 0 Å². The minimum Gasteiger partial charge on any atom is -0.466 e. The quantitative estimate of drug-likeness (QED) is 0.430. The molecule has 0 aromatic rings. The molecule has 2 aliphatic heterocycles. The molecule has 1 N–H and O–H groups in total. The first-order chi connectivity index (χ1) is 12.1. The highest BCUT2D eigenvalue weighted by Crippen LogP contribution is 2.63. The van der Waals surface area contributed by atoms with Gasteiger partial charge in [-0.2, -0.15) is 0 Å². The van der Waals surface area contributed by atoms with Crippen LogP contribution in [0.5, 0.6) is 0 Å². The van der Waals surface area contributed by atoms with Crippen LogP contribution in [0.3, 0.4) is 0 Å². The monoisotopic (exact) mass is 353 g/mol. The van der Waals surface area contributed by atoms with E-state index in [1.54, 1.807) is 0 Å². The van der Waals surface area contributed by atoms with Crippen molar-refractivity contribution in [3.05, 3.63) is 11.8 Å². The van der Waals surface area contributed by atoms with Crippen molar-refractivity contribution in [2.24, 2.45) is 11.8 Å². The molecular weight excluding hydrogens is 326 g/mol. The van der Waals surface area contributed by atoms with Crippen molar-refractivity contribution in [2.75, 3.05) is 14.2 Å². The Labute approximate surface area is 148 Å². The topological polar surface area (TPSA) is 86.4 Å². The number of hydrogen-bond acceptors (Lipinski definition) is 6. The van der Waals surface area contributed by atoms with Gasteiger partial charge in [-0.15, -0.1) is 0 Å². The van der Waals surface area contributed by atoms with Crippen LogP contribution < -0.4 is 5.32 Å². The van der Waals surface area contributed by atoms with Gasteiger partial charge in [0.1, 0.15) is 5.60 Å². The van der Waals surface area contributed by atoms with E-state index in [4.69, 9.17) is 18.9 Å². The molecule has 2 fully saturated rings. The van der Waals surface area contributed by atoms with Crippen LogP contribution in [0.4, 0.5) is 4.79 Å². The molecule has 25 heavy (non-hydrogen) atoms. The molecule has 7 heteroatoms. The molecule has 1 saturated carbocycles. The van der Waals surface area contributed by atoms with Gasteiger partial charge in [-0.25, -0.2) is 9.59 Å². The SMILES string of the molecule is CCCCCC[C@]12O[C@H]1C[C@@H]1C(C(=O)OC)=CO[C@H](OC(=O)NC)[C@H]12. The summed E-state index contributed by atoms with van der Waals surface area (Å²) >= 11 is 0. The average molecular weight is 353 g/mol. The lowest BCUT2D eigenvalue weighted by atomic mass is 9.79. The van der Waals surface area contributed by atoms with Gasteiger partial charge in [-0.05, 0) is 12.8 Å². The van der Waals surface area contributed by atoms with Crippen LogP contribution in [-0.2, 0) is 23.7 Å². The zero-order valence-corrected chi connectivity index (χ0v) is 15.1. The van der Waals surface area contributed by atoms with Crippen molar-refractivity contribution >= 4 is 12.1 Å². The summed E-state index contributed by atoms with van der Waals surface area (Å²) in [5, 5.41) is 2.44. The smallest absolute Gasteiger partial charge is 0.409 e. The minimum atomic E-state index is -0.753. The van der Waals surface area contributed by atoms with E-state index < -0.39 is 18.4 Å². The molecule has 2 heterocycles. The van der Waals surface area contributed by atoms with Crippen LogP contribution >= 0.6 is 0 Å². The number of fused-ring (bicyclic) bond motifs is 3. The van der Waals surface area contributed by atoms with Gasteiger partial charge < -0.3 is 24.3 Å². The van der Waals surface area contributed by atoms with Gasteiger partial charge in [-0.3, -0.25) is 0 Å². The fourth-order valence-electron chi connectivity index (χ4n) is 4.34. The van der Waals surface area contributed by atoms with Gasteiger partial charge >= 0.3 is 12.1 Å². The first-order valence-corrected chi connectivity index (χ1v) is 9.07. The fraction of sp³-hybridized carbons (Fsp3) is 0.778. The average Bonchev–Trinajstić information content (AvgIpc) is 3.22. The van der Waals surface area contributed by atoms with Gasteiger partial charge in [0.05, 0.1) is 31.0 Å². The number of carbonyl (C=O) groups is 2. The Morgan fingerprint density at radius 1 is 1.36 bits per heavy atom. The second kappa shape index (κ2) is 7.23. The fourth-order valence-corrected chi connectivity index (χ4v) is 4.34. The summed E-state index contributed by atoms with van der Waals surface area (Å²) < 4.78 is 21.9. The number of methoxy groups -OCH3 is 1. The van der Waals surface area contributed by atoms with Gasteiger partial charge in [0.2, 0.25) is 0 Å². The summed E-state index contributed by atoms with van der Waals surface area (Å²) in [5.74, 6) is -0.646. The van der Waals surface area contributed by atoms with E-state index in [1.165, 1.54) is 33.3 Å². The summed E-state index contributed by atoms with van der Waals surface area (Å²) in [6.07, 6.45) is 6.36. The maximum Gasteiger partial charge on any atom is 0.409 e. The zero-order chi connectivity index (χ0) is 18.0. The third-order valence-corrected chi connectivity index (χ3v) is 5.61. The van der Waals surface area contributed by atoms with E-state index in [9.17, 15) is 9.59 Å². The number of alkyl carbamates (subject to hydrolysis) is 1. The number of amides is 1. The van der Waals surface area contributed by atoms with Crippen molar-refractivity contribution in [3.8, 4) is 0 Å². The van der Waals surface area contributed by atoms with Gasteiger partial charge in [0.15, 0.2) is 0 Å². The maximum atomic E-state index is 12.1. The lowest BCUT2D eigenvalue weighted by Crippen LogP contribution is -2.45. The predicted octanol–water partition coefficient (Wildman–Crippen LogP) is 2.50. The molecule has 0 unspecified atom stereocenters. The van der Waals surface area contributed by atoms with Crippen LogP contribution in [0.1, 0.15) is 45.4 Å². The van der Waals surface area contributed by atoms with E-state index in [0.29, 0.717) is 5.57 Å². The maximum absolute atomic E-state index is 12.1. The summed E-state index contributed by atoms with van der Waals surface area (Å²) in [6.45, 7) is 2.18.